The Morgan fingerprint density at radius 1 is 1.11 bits per heavy atom. The second-order valence-electron chi connectivity index (χ2n) is 4.92. The Kier molecular flexibility index (Phi) is 7.26. The molecule has 0 fully saturated rings. The molecule has 102 valence electrons. The summed E-state index contributed by atoms with van der Waals surface area (Å²) < 4.78 is 11.1. The third kappa shape index (κ3) is 7.17. The Morgan fingerprint density at radius 3 is 2.61 bits per heavy atom. The molecule has 0 amide bonds. The van der Waals surface area contributed by atoms with E-state index in [9.17, 15) is 0 Å². The highest BCUT2D eigenvalue weighted by atomic mass is 16.5. The molecule has 3 heteroatoms. The minimum Gasteiger partial charge on any atom is -0.493 e. The van der Waals surface area contributed by atoms with Crippen molar-refractivity contribution in [2.45, 2.75) is 33.1 Å². The van der Waals surface area contributed by atoms with E-state index in [4.69, 9.17) is 15.2 Å². The molecule has 0 saturated carbocycles. The molecule has 2 N–H and O–H groups in total. The Hall–Kier alpha value is -1.22. The van der Waals surface area contributed by atoms with Gasteiger partial charge in [-0.25, -0.2) is 0 Å². The highest BCUT2D eigenvalue weighted by molar-refractivity contribution is 5.43. The van der Waals surface area contributed by atoms with Crippen LogP contribution >= 0.6 is 0 Å². The van der Waals surface area contributed by atoms with E-state index in [1.165, 1.54) is 6.42 Å². The van der Waals surface area contributed by atoms with Crippen molar-refractivity contribution in [3.63, 3.8) is 0 Å². The van der Waals surface area contributed by atoms with Crippen molar-refractivity contribution in [3.05, 3.63) is 24.3 Å². The van der Waals surface area contributed by atoms with Crippen LogP contribution in [0.2, 0.25) is 0 Å². The normalized spacial score (nSPS) is 10.8. The summed E-state index contributed by atoms with van der Waals surface area (Å²) in [6, 6.07) is 7.50. The highest BCUT2D eigenvalue weighted by Gasteiger charge is 1.96. The largest absolute Gasteiger partial charge is 0.493 e. The average Bonchev–Trinajstić information content (AvgIpc) is 2.32. The van der Waals surface area contributed by atoms with E-state index in [-0.39, 0.29) is 0 Å². The van der Waals surface area contributed by atoms with Gasteiger partial charge in [0.25, 0.3) is 0 Å². The van der Waals surface area contributed by atoms with E-state index < -0.39 is 0 Å². The number of ether oxygens (including phenoxy) is 2. The summed E-state index contributed by atoms with van der Waals surface area (Å²) in [6.45, 7) is 6.77. The molecule has 0 heterocycles. The van der Waals surface area contributed by atoms with Gasteiger partial charge in [0.1, 0.15) is 5.75 Å². The van der Waals surface area contributed by atoms with Crippen molar-refractivity contribution in [3.8, 4) is 5.75 Å². The van der Waals surface area contributed by atoms with Crippen LogP contribution in [0.1, 0.15) is 33.1 Å². The maximum atomic E-state index is 5.66. The summed E-state index contributed by atoms with van der Waals surface area (Å²) in [5, 5.41) is 0. The van der Waals surface area contributed by atoms with Crippen LogP contribution in [-0.4, -0.2) is 19.8 Å². The van der Waals surface area contributed by atoms with Crippen molar-refractivity contribution >= 4 is 5.69 Å². The summed E-state index contributed by atoms with van der Waals surface area (Å²) >= 11 is 0. The van der Waals surface area contributed by atoms with Crippen molar-refractivity contribution in [2.24, 2.45) is 5.92 Å². The molecule has 0 unspecified atom stereocenters. The minimum atomic E-state index is 0.674. The molecular weight excluding hydrogens is 226 g/mol. The monoisotopic (exact) mass is 251 g/mol. The molecule has 0 aromatic heterocycles. The van der Waals surface area contributed by atoms with Gasteiger partial charge in [-0.15, -0.1) is 0 Å². The zero-order valence-electron chi connectivity index (χ0n) is 11.5. The summed E-state index contributed by atoms with van der Waals surface area (Å²) in [5.74, 6) is 1.59. The van der Waals surface area contributed by atoms with Crippen molar-refractivity contribution in [2.75, 3.05) is 25.6 Å². The van der Waals surface area contributed by atoms with Crippen molar-refractivity contribution in [1.29, 1.82) is 0 Å². The summed E-state index contributed by atoms with van der Waals surface area (Å²) in [6.07, 6.45) is 3.30. The summed E-state index contributed by atoms with van der Waals surface area (Å²) in [7, 11) is 0. The number of hydrogen-bond acceptors (Lipinski definition) is 3. The van der Waals surface area contributed by atoms with Gasteiger partial charge < -0.3 is 15.2 Å². The number of benzene rings is 1. The first-order valence-electron chi connectivity index (χ1n) is 6.74. The van der Waals surface area contributed by atoms with Crippen LogP contribution in [0, 0.1) is 5.92 Å². The van der Waals surface area contributed by atoms with Crippen LogP contribution in [0.5, 0.6) is 5.75 Å². The molecule has 0 saturated heterocycles. The first-order valence-corrected chi connectivity index (χ1v) is 6.74. The standard InChI is InChI=1S/C15H25NO2/c1-13(2)6-4-9-17-10-5-11-18-15-8-3-7-14(16)12-15/h3,7-8,12-13H,4-6,9-11,16H2,1-2H3. The van der Waals surface area contributed by atoms with Crippen LogP contribution in [0.4, 0.5) is 5.69 Å². The van der Waals surface area contributed by atoms with Crippen LogP contribution in [0.25, 0.3) is 0 Å². The molecule has 0 bridgehead atoms. The lowest BCUT2D eigenvalue weighted by Gasteiger charge is -2.08. The fourth-order valence-electron chi connectivity index (χ4n) is 1.65. The van der Waals surface area contributed by atoms with E-state index in [0.717, 1.165) is 43.4 Å². The average molecular weight is 251 g/mol. The molecule has 1 aromatic rings. The first kappa shape index (κ1) is 14.8. The Balaban J connectivity index is 1.96. The topological polar surface area (TPSA) is 44.5 Å². The smallest absolute Gasteiger partial charge is 0.121 e. The number of nitrogen functional groups attached to an aromatic ring is 1. The molecule has 0 atom stereocenters. The second-order valence-corrected chi connectivity index (χ2v) is 4.92. The Morgan fingerprint density at radius 2 is 1.89 bits per heavy atom. The zero-order chi connectivity index (χ0) is 13.2. The maximum absolute atomic E-state index is 5.66. The molecule has 1 aromatic carbocycles. The molecule has 0 aliphatic rings. The van der Waals surface area contributed by atoms with Crippen LogP contribution in [-0.2, 0) is 4.74 Å². The fraction of sp³-hybridized carbons (Fsp3) is 0.600. The SMILES string of the molecule is CC(C)CCCOCCCOc1cccc(N)c1. The summed E-state index contributed by atoms with van der Waals surface area (Å²) in [5.41, 5.74) is 6.40. The second kappa shape index (κ2) is 8.81. The maximum Gasteiger partial charge on any atom is 0.121 e. The van der Waals surface area contributed by atoms with Crippen LogP contribution < -0.4 is 10.5 Å². The number of hydrogen-bond donors (Lipinski definition) is 1. The van der Waals surface area contributed by atoms with Gasteiger partial charge in [-0.2, -0.15) is 0 Å². The minimum absolute atomic E-state index is 0.674. The lowest BCUT2D eigenvalue weighted by Crippen LogP contribution is -2.04. The lowest BCUT2D eigenvalue weighted by atomic mass is 10.1. The molecular formula is C15H25NO2. The van der Waals surface area contributed by atoms with Crippen molar-refractivity contribution in [1.82, 2.24) is 0 Å². The summed E-state index contributed by atoms with van der Waals surface area (Å²) in [4.78, 5) is 0. The van der Waals surface area contributed by atoms with Crippen LogP contribution in [0.15, 0.2) is 24.3 Å². The highest BCUT2D eigenvalue weighted by Crippen LogP contribution is 2.14. The molecule has 0 radical (unpaired) electrons. The molecule has 3 nitrogen and oxygen atoms in total. The van der Waals surface area contributed by atoms with Gasteiger partial charge in [0.15, 0.2) is 0 Å². The number of rotatable bonds is 9. The zero-order valence-corrected chi connectivity index (χ0v) is 11.5. The molecule has 0 aliphatic heterocycles. The van der Waals surface area contributed by atoms with Gasteiger partial charge >= 0.3 is 0 Å². The molecule has 0 aliphatic carbocycles. The quantitative estimate of drug-likeness (QED) is 0.539. The van der Waals surface area contributed by atoms with Crippen molar-refractivity contribution < 1.29 is 9.47 Å². The van der Waals surface area contributed by atoms with Gasteiger partial charge in [0.2, 0.25) is 0 Å². The predicted octanol–water partition coefficient (Wildman–Crippen LogP) is 3.49. The van der Waals surface area contributed by atoms with Crippen LogP contribution in [0.3, 0.4) is 0 Å². The van der Waals surface area contributed by atoms with Gasteiger partial charge in [-0.1, -0.05) is 19.9 Å². The molecule has 18 heavy (non-hydrogen) atoms. The molecule has 0 spiro atoms. The van der Waals surface area contributed by atoms with E-state index >= 15 is 0 Å². The Labute approximate surface area is 110 Å². The third-order valence-corrected chi connectivity index (χ3v) is 2.63. The van der Waals surface area contributed by atoms with Gasteiger partial charge in [-0.05, 0) is 30.9 Å². The number of anilines is 1. The van der Waals surface area contributed by atoms with E-state index in [1.54, 1.807) is 0 Å². The van der Waals surface area contributed by atoms with Gasteiger partial charge in [0.05, 0.1) is 6.61 Å². The van der Waals surface area contributed by atoms with Gasteiger partial charge in [0, 0.05) is 31.4 Å². The third-order valence-electron chi connectivity index (χ3n) is 2.63. The predicted molar refractivity (Wildman–Crippen MR) is 75.9 cm³/mol. The molecule has 1 rings (SSSR count). The number of nitrogens with two attached hydrogens (primary N) is 1. The lowest BCUT2D eigenvalue weighted by molar-refractivity contribution is 0.114. The van der Waals surface area contributed by atoms with E-state index in [1.807, 2.05) is 24.3 Å². The van der Waals surface area contributed by atoms with E-state index in [0.29, 0.717) is 6.61 Å². The Bertz CT molecular complexity index is 326. The fourth-order valence-corrected chi connectivity index (χ4v) is 1.65. The van der Waals surface area contributed by atoms with E-state index in [2.05, 4.69) is 13.8 Å². The van der Waals surface area contributed by atoms with Gasteiger partial charge in [-0.3, -0.25) is 0 Å². The first-order chi connectivity index (χ1) is 8.68.